The smallest absolute Gasteiger partial charge is 0.248 e. The third-order valence-electron chi connectivity index (χ3n) is 3.93. The van der Waals surface area contributed by atoms with E-state index in [1.165, 1.54) is 4.90 Å². The lowest BCUT2D eigenvalue weighted by Gasteiger charge is -2.48. The van der Waals surface area contributed by atoms with Crippen LogP contribution < -0.4 is 0 Å². The summed E-state index contributed by atoms with van der Waals surface area (Å²) in [5.74, 6) is 0.356. The average Bonchev–Trinajstić information content (AvgIpc) is 2.36. The predicted octanol–water partition coefficient (Wildman–Crippen LogP) is -1.01. The quantitative estimate of drug-likeness (QED) is 0.713. The van der Waals surface area contributed by atoms with Gasteiger partial charge in [-0.25, -0.2) is 0 Å². The van der Waals surface area contributed by atoms with Crippen molar-refractivity contribution in [3.05, 3.63) is 0 Å². The summed E-state index contributed by atoms with van der Waals surface area (Å²) in [4.78, 5) is 29.8. The Kier molecular flexibility index (Phi) is 4.10. The van der Waals surface area contributed by atoms with Gasteiger partial charge in [-0.1, -0.05) is 13.8 Å². The van der Waals surface area contributed by atoms with E-state index in [4.69, 9.17) is 0 Å². The number of aliphatic hydroxyl groups excluding tert-OH is 1. The lowest BCUT2D eigenvalue weighted by atomic mass is 10.0. The highest BCUT2D eigenvalue weighted by Crippen LogP contribution is 2.21. The second-order valence-corrected chi connectivity index (χ2v) is 5.85. The maximum Gasteiger partial charge on any atom is 0.248 e. The number of carbonyl (C=O) groups excluding carboxylic acids is 2. The zero-order valence-corrected chi connectivity index (χ0v) is 11.9. The third kappa shape index (κ3) is 2.60. The van der Waals surface area contributed by atoms with Crippen LogP contribution in [0.4, 0.5) is 0 Å². The Morgan fingerprint density at radius 2 is 1.95 bits per heavy atom. The number of piperazine rings is 2. The van der Waals surface area contributed by atoms with Crippen molar-refractivity contribution in [2.75, 3.05) is 39.8 Å². The highest BCUT2D eigenvalue weighted by atomic mass is 16.3. The van der Waals surface area contributed by atoms with E-state index in [9.17, 15) is 14.7 Å². The molecule has 0 aliphatic carbocycles. The second-order valence-electron chi connectivity index (χ2n) is 5.85. The molecule has 0 unspecified atom stereocenters. The van der Waals surface area contributed by atoms with Crippen molar-refractivity contribution in [2.45, 2.75) is 25.9 Å². The van der Waals surface area contributed by atoms with E-state index in [-0.39, 0.29) is 24.5 Å². The van der Waals surface area contributed by atoms with Crippen molar-refractivity contribution >= 4 is 11.8 Å². The molecule has 2 aliphatic heterocycles. The first-order valence-corrected chi connectivity index (χ1v) is 6.86. The van der Waals surface area contributed by atoms with Crippen LogP contribution in [0.3, 0.4) is 0 Å². The molecule has 1 N–H and O–H groups in total. The van der Waals surface area contributed by atoms with Crippen LogP contribution in [0.15, 0.2) is 0 Å². The summed E-state index contributed by atoms with van der Waals surface area (Å²) in [5, 5.41) is 9.26. The predicted molar refractivity (Wildman–Crippen MR) is 70.4 cm³/mol. The first-order chi connectivity index (χ1) is 8.95. The van der Waals surface area contributed by atoms with Gasteiger partial charge in [0.25, 0.3) is 0 Å². The van der Waals surface area contributed by atoms with E-state index in [1.54, 1.807) is 11.9 Å². The third-order valence-corrected chi connectivity index (χ3v) is 3.93. The molecule has 2 fully saturated rings. The standard InChI is InChI=1S/C13H23N3O3/c1-9(2)6-15-4-5-16-10(7-15)12(18)14(3)11(8-17)13(16)19/h9-11,17H,4-8H2,1-3H3/t10-,11+/m1/s1. The number of fused-ring (bicyclic) bond motifs is 1. The molecular formula is C13H23N3O3. The van der Waals surface area contributed by atoms with Crippen LogP contribution in [0.25, 0.3) is 0 Å². The highest BCUT2D eigenvalue weighted by Gasteiger charge is 2.46. The van der Waals surface area contributed by atoms with Crippen molar-refractivity contribution in [1.82, 2.24) is 14.7 Å². The molecule has 108 valence electrons. The van der Waals surface area contributed by atoms with E-state index in [1.807, 2.05) is 0 Å². The van der Waals surface area contributed by atoms with Crippen molar-refractivity contribution in [2.24, 2.45) is 5.92 Å². The minimum absolute atomic E-state index is 0.0629. The molecule has 2 atom stereocenters. The topological polar surface area (TPSA) is 64.1 Å². The number of nitrogens with zero attached hydrogens (tertiary/aromatic N) is 3. The van der Waals surface area contributed by atoms with Crippen molar-refractivity contribution in [3.63, 3.8) is 0 Å². The summed E-state index contributed by atoms with van der Waals surface area (Å²) in [6.07, 6.45) is 0. The van der Waals surface area contributed by atoms with Gasteiger partial charge in [0.1, 0.15) is 12.1 Å². The molecule has 0 aromatic heterocycles. The number of rotatable bonds is 3. The number of carbonyl (C=O) groups is 2. The van der Waals surface area contributed by atoms with E-state index >= 15 is 0 Å². The fourth-order valence-electron chi connectivity index (χ4n) is 2.94. The molecular weight excluding hydrogens is 246 g/mol. The molecule has 2 saturated heterocycles. The Morgan fingerprint density at radius 3 is 2.53 bits per heavy atom. The molecule has 19 heavy (non-hydrogen) atoms. The number of hydrogen-bond donors (Lipinski definition) is 1. The number of aliphatic hydroxyl groups is 1. The van der Waals surface area contributed by atoms with Crippen molar-refractivity contribution < 1.29 is 14.7 Å². The summed E-state index contributed by atoms with van der Waals surface area (Å²) in [7, 11) is 1.60. The Labute approximate surface area is 114 Å². The lowest BCUT2D eigenvalue weighted by molar-refractivity contribution is -0.165. The molecule has 0 bridgehead atoms. The molecule has 2 amide bonds. The first-order valence-electron chi connectivity index (χ1n) is 6.86. The van der Waals surface area contributed by atoms with Crippen LogP contribution in [-0.2, 0) is 9.59 Å². The fourth-order valence-corrected chi connectivity index (χ4v) is 2.94. The van der Waals surface area contributed by atoms with Gasteiger partial charge in [-0.2, -0.15) is 0 Å². The number of hydrogen-bond acceptors (Lipinski definition) is 4. The highest BCUT2D eigenvalue weighted by molar-refractivity contribution is 5.97. The Morgan fingerprint density at radius 1 is 1.26 bits per heavy atom. The van der Waals surface area contributed by atoms with E-state index in [2.05, 4.69) is 18.7 Å². The summed E-state index contributed by atoms with van der Waals surface area (Å²) in [6, 6.07) is -1.09. The SMILES string of the molecule is CC(C)CN1CCN2C(=O)[C@H](CO)N(C)C(=O)[C@H]2C1. The minimum atomic E-state index is -0.708. The largest absolute Gasteiger partial charge is 0.394 e. The zero-order valence-electron chi connectivity index (χ0n) is 11.9. The van der Waals surface area contributed by atoms with Gasteiger partial charge in [-0.15, -0.1) is 0 Å². The molecule has 0 aromatic carbocycles. The molecule has 6 nitrogen and oxygen atoms in total. The summed E-state index contributed by atoms with van der Waals surface area (Å²) >= 11 is 0. The van der Waals surface area contributed by atoms with Gasteiger partial charge in [0, 0.05) is 33.2 Å². The Bertz CT molecular complexity index is 372. The van der Waals surface area contributed by atoms with Gasteiger partial charge in [-0.3, -0.25) is 14.5 Å². The van der Waals surface area contributed by atoms with E-state index in [0.717, 1.165) is 13.1 Å². The molecule has 2 heterocycles. The van der Waals surface area contributed by atoms with Crippen molar-refractivity contribution in [3.8, 4) is 0 Å². The van der Waals surface area contributed by atoms with Crippen LogP contribution >= 0.6 is 0 Å². The number of likely N-dealkylation sites (N-methyl/N-ethyl adjacent to an activating group) is 1. The monoisotopic (exact) mass is 269 g/mol. The lowest BCUT2D eigenvalue weighted by Crippen LogP contribution is -2.70. The van der Waals surface area contributed by atoms with Gasteiger partial charge in [0.15, 0.2) is 0 Å². The zero-order chi connectivity index (χ0) is 14.2. The number of amides is 2. The Hall–Kier alpha value is -1.14. The van der Waals surface area contributed by atoms with Crippen LogP contribution in [0.2, 0.25) is 0 Å². The van der Waals surface area contributed by atoms with Crippen LogP contribution in [0.5, 0.6) is 0 Å². The van der Waals surface area contributed by atoms with Gasteiger partial charge in [-0.05, 0) is 5.92 Å². The molecule has 0 aromatic rings. The first kappa shape index (κ1) is 14.3. The van der Waals surface area contributed by atoms with Crippen molar-refractivity contribution in [1.29, 1.82) is 0 Å². The van der Waals surface area contributed by atoms with Gasteiger partial charge >= 0.3 is 0 Å². The maximum absolute atomic E-state index is 12.3. The summed E-state index contributed by atoms with van der Waals surface area (Å²) in [6.45, 7) is 6.91. The van der Waals surface area contributed by atoms with Crippen LogP contribution in [-0.4, -0.2) is 83.5 Å². The molecule has 2 rings (SSSR count). The molecule has 0 saturated carbocycles. The average molecular weight is 269 g/mol. The molecule has 0 radical (unpaired) electrons. The van der Waals surface area contributed by atoms with E-state index < -0.39 is 6.04 Å². The van der Waals surface area contributed by atoms with Gasteiger partial charge in [0.2, 0.25) is 11.8 Å². The minimum Gasteiger partial charge on any atom is -0.394 e. The second kappa shape index (κ2) is 5.46. The van der Waals surface area contributed by atoms with Gasteiger partial charge in [0.05, 0.1) is 6.61 Å². The summed E-state index contributed by atoms with van der Waals surface area (Å²) in [5.41, 5.74) is 0. The van der Waals surface area contributed by atoms with Crippen LogP contribution in [0.1, 0.15) is 13.8 Å². The maximum atomic E-state index is 12.3. The fraction of sp³-hybridized carbons (Fsp3) is 0.846. The van der Waals surface area contributed by atoms with Gasteiger partial charge < -0.3 is 14.9 Å². The van der Waals surface area contributed by atoms with E-state index in [0.29, 0.717) is 19.0 Å². The summed E-state index contributed by atoms with van der Waals surface area (Å²) < 4.78 is 0. The normalized spacial score (nSPS) is 29.1. The molecule has 2 aliphatic rings. The molecule has 0 spiro atoms. The molecule has 6 heteroatoms. The Balaban J connectivity index is 2.12. The van der Waals surface area contributed by atoms with Crippen LogP contribution in [0, 0.1) is 5.92 Å².